The standard InChI is InChI=1S/C85H140O17P2/c1-5-9-13-17-21-25-29-33-36-38-39-41-44-47-50-54-58-62-66-70-83(88)95-75-80(101-84(89)71-67-63-59-55-51-45-32-28-24-20-16-12-8-4)77-99-103(91,92)97-73-79(86)74-98-104(93,94)100-78-81(102-85(90)72-68-64-60-56-52-48-42-35-31-27-23-19-15-11-7-3)76-96-82(87)69-65-61-57-53-49-46-43-40-37-34-30-26-22-18-14-10-6-2/h9-11,13-15,21-23,25-28,32-37,39,41-42,47,50,58,62,79-81,86H,5-8,12,16-20,24,29-31,38,40,43-46,48-49,51-57,59-61,63-78H2,1-4H3,(H,91,92)(H,93,94)/b13-9-,14-10-,15-11-,25-21-,26-22-,27-23-,32-28-,36-33-,37-34-,41-39-,42-35-,50-47-,62-58-. The zero-order valence-corrected chi connectivity index (χ0v) is 66.4. The number of allylic oxidation sites excluding steroid dienone is 26. The van der Waals surface area contributed by atoms with E-state index in [0.29, 0.717) is 32.1 Å². The average Bonchev–Trinajstić information content (AvgIpc) is 0.939. The minimum atomic E-state index is -5.00. The third-order valence-electron chi connectivity index (χ3n) is 16.0. The molecule has 0 aliphatic carbocycles. The number of phosphoric ester groups is 2. The lowest BCUT2D eigenvalue weighted by molar-refractivity contribution is -0.161. The van der Waals surface area contributed by atoms with Gasteiger partial charge in [0.2, 0.25) is 0 Å². The molecule has 0 spiro atoms. The second-order valence-corrected chi connectivity index (χ2v) is 28.8. The Hall–Kier alpha value is -5.32. The molecule has 0 aliphatic heterocycles. The van der Waals surface area contributed by atoms with Gasteiger partial charge in [-0.05, 0) is 154 Å². The molecule has 0 radical (unpaired) electrons. The molecule has 0 heterocycles. The summed E-state index contributed by atoms with van der Waals surface area (Å²) in [6, 6.07) is 0. The number of unbranched alkanes of at least 4 members (excludes halogenated alkanes) is 21. The number of rotatable bonds is 73. The molecule has 0 saturated carbocycles. The van der Waals surface area contributed by atoms with Crippen LogP contribution in [0, 0.1) is 0 Å². The lowest BCUT2D eigenvalue weighted by atomic mass is 10.1. The van der Waals surface area contributed by atoms with Crippen LogP contribution in [0.4, 0.5) is 0 Å². The SMILES string of the molecule is CC/C=C\C/C=C\C/C=C\C/C=C\C/C=C\C/C=C\CCC(=O)OCC(COP(=O)(O)OCC(O)COP(=O)(O)OCC(COC(=O)CCCCCCCCC/C=C\C/C=C\C/C=C\CC)OC(=O)CCCCCCC/C=C\C/C=C\C/C=C\CC)OC(=O)CCCCCCC/C=C\CCCCCC. The Labute approximate surface area is 629 Å². The Bertz CT molecular complexity index is 2590. The minimum absolute atomic E-state index is 0.0303. The molecule has 5 unspecified atom stereocenters. The van der Waals surface area contributed by atoms with E-state index in [2.05, 4.69) is 167 Å². The number of hydrogen-bond acceptors (Lipinski definition) is 15. The van der Waals surface area contributed by atoms with Gasteiger partial charge in [0.1, 0.15) is 19.3 Å². The van der Waals surface area contributed by atoms with Crippen LogP contribution in [0.1, 0.15) is 297 Å². The molecule has 0 aromatic rings. The Morgan fingerprint density at radius 2 is 0.519 bits per heavy atom. The first kappa shape index (κ1) is 98.7. The first-order valence-electron chi connectivity index (χ1n) is 39.7. The van der Waals surface area contributed by atoms with Gasteiger partial charge < -0.3 is 33.8 Å². The molecule has 592 valence electrons. The molecule has 19 heteroatoms. The summed E-state index contributed by atoms with van der Waals surface area (Å²) < 4.78 is 68.5. The predicted molar refractivity (Wildman–Crippen MR) is 427 cm³/mol. The zero-order chi connectivity index (χ0) is 76.0. The van der Waals surface area contributed by atoms with E-state index in [-0.39, 0.29) is 25.7 Å². The lowest BCUT2D eigenvalue weighted by Crippen LogP contribution is -2.30. The summed E-state index contributed by atoms with van der Waals surface area (Å²) in [5.74, 6) is -2.32. The molecule has 0 rings (SSSR count). The van der Waals surface area contributed by atoms with Crippen LogP contribution in [0.25, 0.3) is 0 Å². The van der Waals surface area contributed by atoms with Gasteiger partial charge in [-0.2, -0.15) is 0 Å². The normalized spacial score (nSPS) is 14.7. The number of carbonyl (C=O) groups excluding carboxylic acids is 4. The molecule has 0 aromatic heterocycles. The third-order valence-corrected chi connectivity index (χ3v) is 17.9. The van der Waals surface area contributed by atoms with E-state index in [4.69, 9.17) is 37.0 Å². The Kier molecular flexibility index (Phi) is 72.0. The quantitative estimate of drug-likeness (QED) is 0.0169. The second kappa shape index (κ2) is 75.9. The first-order chi connectivity index (χ1) is 50.7. The second-order valence-electron chi connectivity index (χ2n) is 25.9. The average molecular weight is 1500 g/mol. The van der Waals surface area contributed by atoms with E-state index in [1.807, 2.05) is 18.2 Å². The summed E-state index contributed by atoms with van der Waals surface area (Å²) in [5, 5.41) is 10.6. The molecule has 3 N–H and O–H groups in total. The summed E-state index contributed by atoms with van der Waals surface area (Å²) in [5.41, 5.74) is 0. The first-order valence-corrected chi connectivity index (χ1v) is 42.7. The smallest absolute Gasteiger partial charge is 0.462 e. The summed E-state index contributed by atoms with van der Waals surface area (Å²) in [6.45, 7) is 4.39. The predicted octanol–water partition coefficient (Wildman–Crippen LogP) is 23.2. The highest BCUT2D eigenvalue weighted by molar-refractivity contribution is 7.47. The van der Waals surface area contributed by atoms with Gasteiger partial charge in [0, 0.05) is 25.7 Å². The van der Waals surface area contributed by atoms with Gasteiger partial charge in [0.05, 0.1) is 26.4 Å². The molecular weight excluding hydrogens is 1350 g/mol. The van der Waals surface area contributed by atoms with E-state index >= 15 is 0 Å². The van der Waals surface area contributed by atoms with Crippen LogP contribution in [0.2, 0.25) is 0 Å². The summed E-state index contributed by atoms with van der Waals surface area (Å²) >= 11 is 0. The van der Waals surface area contributed by atoms with Gasteiger partial charge in [0.15, 0.2) is 12.2 Å². The van der Waals surface area contributed by atoms with E-state index in [9.17, 15) is 43.2 Å². The molecule has 0 aromatic carbocycles. The van der Waals surface area contributed by atoms with Crippen molar-refractivity contribution in [3.8, 4) is 0 Å². The van der Waals surface area contributed by atoms with Crippen molar-refractivity contribution in [3.63, 3.8) is 0 Å². The topological polar surface area (TPSA) is 237 Å². The van der Waals surface area contributed by atoms with Gasteiger partial charge in [-0.15, -0.1) is 0 Å². The Balaban J connectivity index is 5.44. The molecule has 104 heavy (non-hydrogen) atoms. The maximum atomic E-state index is 13.1. The molecule has 17 nitrogen and oxygen atoms in total. The van der Waals surface area contributed by atoms with Crippen LogP contribution in [-0.2, 0) is 65.4 Å². The highest BCUT2D eigenvalue weighted by Gasteiger charge is 2.30. The van der Waals surface area contributed by atoms with Gasteiger partial charge in [-0.25, -0.2) is 9.13 Å². The number of aliphatic hydroxyl groups excluding tert-OH is 1. The minimum Gasteiger partial charge on any atom is -0.462 e. The number of hydrogen-bond donors (Lipinski definition) is 3. The summed E-state index contributed by atoms with van der Waals surface area (Å²) in [6.07, 6.45) is 88.1. The maximum Gasteiger partial charge on any atom is 0.472 e. The number of aliphatic hydroxyl groups is 1. The summed E-state index contributed by atoms with van der Waals surface area (Å²) in [4.78, 5) is 73.0. The van der Waals surface area contributed by atoms with Gasteiger partial charge in [0.25, 0.3) is 0 Å². The largest absolute Gasteiger partial charge is 0.472 e. The third kappa shape index (κ3) is 74.9. The lowest BCUT2D eigenvalue weighted by Gasteiger charge is -2.21. The van der Waals surface area contributed by atoms with Gasteiger partial charge in [-0.3, -0.25) is 37.3 Å². The molecule has 0 aliphatic rings. The summed E-state index contributed by atoms with van der Waals surface area (Å²) in [7, 11) is -10.00. The number of esters is 4. The molecular formula is C85H140O17P2. The van der Waals surface area contributed by atoms with Crippen LogP contribution in [0.15, 0.2) is 158 Å². The van der Waals surface area contributed by atoms with E-state index in [1.54, 1.807) is 0 Å². The highest BCUT2D eigenvalue weighted by atomic mass is 31.2. The van der Waals surface area contributed by atoms with Crippen LogP contribution in [0.5, 0.6) is 0 Å². The fourth-order valence-electron chi connectivity index (χ4n) is 10.0. The van der Waals surface area contributed by atoms with Crippen LogP contribution < -0.4 is 0 Å². The molecule has 5 atom stereocenters. The number of ether oxygens (including phenoxy) is 4. The Morgan fingerprint density at radius 3 is 0.837 bits per heavy atom. The fourth-order valence-corrected chi connectivity index (χ4v) is 11.6. The zero-order valence-electron chi connectivity index (χ0n) is 64.6. The highest BCUT2D eigenvalue weighted by Crippen LogP contribution is 2.45. The molecule has 0 amide bonds. The monoisotopic (exact) mass is 1490 g/mol. The van der Waals surface area contributed by atoms with E-state index in [0.717, 1.165) is 186 Å². The fraction of sp³-hybridized carbons (Fsp3) is 0.647. The maximum absolute atomic E-state index is 13.1. The van der Waals surface area contributed by atoms with Gasteiger partial charge in [-0.1, -0.05) is 276 Å². The van der Waals surface area contributed by atoms with Crippen LogP contribution >= 0.6 is 15.6 Å². The van der Waals surface area contributed by atoms with Crippen LogP contribution in [0.3, 0.4) is 0 Å². The van der Waals surface area contributed by atoms with Crippen molar-refractivity contribution in [1.29, 1.82) is 0 Å². The number of carbonyl (C=O) groups is 4. The van der Waals surface area contributed by atoms with Crippen molar-refractivity contribution in [2.24, 2.45) is 0 Å². The van der Waals surface area contributed by atoms with Crippen molar-refractivity contribution in [1.82, 2.24) is 0 Å². The molecule has 0 fully saturated rings. The van der Waals surface area contributed by atoms with Crippen molar-refractivity contribution in [2.45, 2.75) is 316 Å². The molecule has 0 bridgehead atoms. The van der Waals surface area contributed by atoms with Gasteiger partial charge >= 0.3 is 39.5 Å². The number of phosphoric acid groups is 2. The molecule has 0 saturated heterocycles. The van der Waals surface area contributed by atoms with Crippen LogP contribution in [-0.4, -0.2) is 96.7 Å². The van der Waals surface area contributed by atoms with Crippen molar-refractivity contribution < 1.29 is 80.2 Å². The van der Waals surface area contributed by atoms with E-state index < -0.39 is 97.5 Å². The van der Waals surface area contributed by atoms with Crippen molar-refractivity contribution in [2.75, 3.05) is 39.6 Å². The van der Waals surface area contributed by atoms with E-state index in [1.165, 1.54) is 25.7 Å². The van der Waals surface area contributed by atoms with Crippen molar-refractivity contribution >= 4 is 39.5 Å². The Morgan fingerprint density at radius 1 is 0.279 bits per heavy atom. The van der Waals surface area contributed by atoms with Crippen molar-refractivity contribution in [3.05, 3.63) is 158 Å².